The van der Waals surface area contributed by atoms with Crippen LogP contribution in [0.5, 0.6) is 5.75 Å². The van der Waals surface area contributed by atoms with Crippen molar-refractivity contribution in [2.45, 2.75) is 32.0 Å². The van der Waals surface area contributed by atoms with Crippen LogP contribution in [0.2, 0.25) is 0 Å². The molecule has 1 aromatic heterocycles. The first-order chi connectivity index (χ1) is 11.8. The number of para-hydroxylation sites is 1. The molecule has 0 spiro atoms. The van der Waals surface area contributed by atoms with Gasteiger partial charge in [-0.3, -0.25) is 4.79 Å². The van der Waals surface area contributed by atoms with Gasteiger partial charge >= 0.3 is 6.36 Å². The number of rotatable bonds is 3. The predicted molar refractivity (Wildman–Crippen MR) is 80.6 cm³/mol. The van der Waals surface area contributed by atoms with Gasteiger partial charge in [0.05, 0.1) is 11.5 Å². The highest BCUT2D eigenvalue weighted by atomic mass is 19.4. The Morgan fingerprint density at radius 3 is 2.84 bits per heavy atom. The zero-order chi connectivity index (χ0) is 18.0. The maximum atomic E-state index is 12.5. The van der Waals surface area contributed by atoms with Gasteiger partial charge in [-0.25, -0.2) is 0 Å². The van der Waals surface area contributed by atoms with E-state index in [9.17, 15) is 18.0 Å². The minimum Gasteiger partial charge on any atom is -0.405 e. The van der Waals surface area contributed by atoms with Crippen LogP contribution in [0.25, 0.3) is 11.4 Å². The Bertz CT molecular complexity index is 760. The molecule has 0 N–H and O–H groups in total. The van der Waals surface area contributed by atoms with Gasteiger partial charge in [-0.15, -0.1) is 13.2 Å². The highest BCUT2D eigenvalue weighted by molar-refractivity contribution is 5.73. The Balaban J connectivity index is 1.84. The Labute approximate surface area is 141 Å². The van der Waals surface area contributed by atoms with Crippen molar-refractivity contribution in [2.24, 2.45) is 0 Å². The third-order valence-electron chi connectivity index (χ3n) is 4.01. The fraction of sp³-hybridized carbons (Fsp3) is 0.438. The summed E-state index contributed by atoms with van der Waals surface area (Å²) in [6.45, 7) is 2.62. The minimum atomic E-state index is -4.81. The van der Waals surface area contributed by atoms with E-state index in [1.165, 1.54) is 25.1 Å². The lowest BCUT2D eigenvalue weighted by molar-refractivity contribution is -0.274. The number of benzene rings is 1. The molecule has 1 aliphatic rings. The molecular formula is C16H16F3N3O3. The number of alkyl halides is 3. The second-order valence-electron chi connectivity index (χ2n) is 5.80. The molecule has 1 atom stereocenters. The first-order valence-electron chi connectivity index (χ1n) is 7.78. The second kappa shape index (κ2) is 6.73. The first-order valence-corrected chi connectivity index (χ1v) is 7.78. The molecule has 0 radical (unpaired) electrons. The van der Waals surface area contributed by atoms with Gasteiger partial charge in [0.1, 0.15) is 5.75 Å². The number of hydrogen-bond donors (Lipinski definition) is 0. The fourth-order valence-electron chi connectivity index (χ4n) is 2.84. The quantitative estimate of drug-likeness (QED) is 0.844. The lowest BCUT2D eigenvalue weighted by atomic mass is 9.98. The van der Waals surface area contributed by atoms with Crippen LogP contribution >= 0.6 is 0 Å². The number of piperidine rings is 1. The van der Waals surface area contributed by atoms with Crippen molar-refractivity contribution in [1.29, 1.82) is 0 Å². The number of carbonyl (C=O) groups excluding carboxylic acids is 1. The maximum absolute atomic E-state index is 12.5. The number of likely N-dealkylation sites (tertiary alicyclic amines) is 1. The van der Waals surface area contributed by atoms with Crippen molar-refractivity contribution in [3.05, 3.63) is 30.2 Å². The van der Waals surface area contributed by atoms with Gasteiger partial charge < -0.3 is 14.2 Å². The summed E-state index contributed by atoms with van der Waals surface area (Å²) in [6.07, 6.45) is -3.24. The summed E-state index contributed by atoms with van der Waals surface area (Å²) in [5.74, 6) is -0.225. The summed E-state index contributed by atoms with van der Waals surface area (Å²) in [7, 11) is 0. The van der Waals surface area contributed by atoms with Crippen LogP contribution in [-0.4, -0.2) is 40.4 Å². The van der Waals surface area contributed by atoms with Crippen molar-refractivity contribution >= 4 is 5.91 Å². The van der Waals surface area contributed by atoms with Crippen molar-refractivity contribution < 1.29 is 27.2 Å². The van der Waals surface area contributed by atoms with Crippen molar-refractivity contribution in [2.75, 3.05) is 13.1 Å². The largest absolute Gasteiger partial charge is 0.573 e. The first kappa shape index (κ1) is 17.2. The summed E-state index contributed by atoms with van der Waals surface area (Å²) >= 11 is 0. The molecule has 1 aromatic carbocycles. The molecule has 1 saturated heterocycles. The van der Waals surface area contributed by atoms with Crippen molar-refractivity contribution in [1.82, 2.24) is 15.0 Å². The van der Waals surface area contributed by atoms with E-state index >= 15 is 0 Å². The van der Waals surface area contributed by atoms with Crippen LogP contribution in [-0.2, 0) is 4.79 Å². The molecule has 0 bridgehead atoms. The number of halogens is 3. The molecule has 6 nitrogen and oxygen atoms in total. The number of hydrogen-bond acceptors (Lipinski definition) is 5. The fourth-order valence-corrected chi connectivity index (χ4v) is 2.84. The molecule has 0 aliphatic carbocycles. The van der Waals surface area contributed by atoms with Crippen LogP contribution in [0.4, 0.5) is 13.2 Å². The van der Waals surface area contributed by atoms with Crippen LogP contribution in [0.3, 0.4) is 0 Å². The number of carbonyl (C=O) groups is 1. The van der Waals surface area contributed by atoms with Gasteiger partial charge in [-0.1, -0.05) is 17.3 Å². The second-order valence-corrected chi connectivity index (χ2v) is 5.80. The lowest BCUT2D eigenvalue weighted by Crippen LogP contribution is -2.37. The molecule has 1 amide bonds. The molecule has 0 saturated carbocycles. The van der Waals surface area contributed by atoms with Gasteiger partial charge in [0.25, 0.3) is 0 Å². The standard InChI is InChI=1S/C16H16F3N3O3/c1-10(23)22-8-4-5-11(9-22)15-20-14(21-25-15)12-6-2-3-7-13(12)24-16(17,18)19/h2-3,6-7,11H,4-5,8-9H2,1H3. The number of amides is 1. The minimum absolute atomic E-state index is 0.0230. The molecular weight excluding hydrogens is 339 g/mol. The van der Waals surface area contributed by atoms with E-state index in [1.54, 1.807) is 11.0 Å². The van der Waals surface area contributed by atoms with Gasteiger partial charge in [0, 0.05) is 20.0 Å². The Kier molecular flexibility index (Phi) is 4.65. The molecule has 134 valence electrons. The van der Waals surface area contributed by atoms with E-state index in [0.717, 1.165) is 12.8 Å². The van der Waals surface area contributed by atoms with E-state index in [1.807, 2.05) is 0 Å². The Morgan fingerprint density at radius 2 is 2.12 bits per heavy atom. The Morgan fingerprint density at radius 1 is 1.36 bits per heavy atom. The van der Waals surface area contributed by atoms with E-state index in [2.05, 4.69) is 14.9 Å². The van der Waals surface area contributed by atoms with Crippen LogP contribution < -0.4 is 4.74 Å². The maximum Gasteiger partial charge on any atom is 0.573 e. The van der Waals surface area contributed by atoms with E-state index < -0.39 is 12.1 Å². The molecule has 3 rings (SSSR count). The molecule has 2 aromatic rings. The van der Waals surface area contributed by atoms with Crippen molar-refractivity contribution in [3.63, 3.8) is 0 Å². The summed E-state index contributed by atoms with van der Waals surface area (Å²) in [4.78, 5) is 17.4. The SMILES string of the molecule is CC(=O)N1CCCC(c2nc(-c3ccccc3OC(F)(F)F)no2)C1. The van der Waals surface area contributed by atoms with Crippen molar-refractivity contribution in [3.8, 4) is 17.1 Å². The molecule has 25 heavy (non-hydrogen) atoms. The Hall–Kier alpha value is -2.58. The van der Waals surface area contributed by atoms with Gasteiger partial charge in [0.2, 0.25) is 17.6 Å². The van der Waals surface area contributed by atoms with Gasteiger partial charge in [-0.2, -0.15) is 4.98 Å². The summed E-state index contributed by atoms with van der Waals surface area (Å²) in [5.41, 5.74) is 0.0917. The molecule has 1 fully saturated rings. The zero-order valence-electron chi connectivity index (χ0n) is 13.4. The van der Waals surface area contributed by atoms with Crippen LogP contribution in [0, 0.1) is 0 Å². The third kappa shape index (κ3) is 4.09. The average Bonchev–Trinajstić information content (AvgIpc) is 3.04. The molecule has 9 heteroatoms. The summed E-state index contributed by atoms with van der Waals surface area (Å²) < 4.78 is 46.8. The predicted octanol–water partition coefficient (Wildman–Crippen LogP) is 3.36. The molecule has 1 aliphatic heterocycles. The lowest BCUT2D eigenvalue weighted by Gasteiger charge is -2.29. The smallest absolute Gasteiger partial charge is 0.405 e. The van der Waals surface area contributed by atoms with E-state index in [0.29, 0.717) is 19.0 Å². The van der Waals surface area contributed by atoms with Gasteiger partial charge in [0.15, 0.2) is 0 Å². The number of ether oxygens (including phenoxy) is 1. The third-order valence-corrected chi connectivity index (χ3v) is 4.01. The summed E-state index contributed by atoms with van der Waals surface area (Å²) in [6, 6.07) is 5.61. The number of nitrogens with zero attached hydrogens (tertiary/aromatic N) is 3. The summed E-state index contributed by atoms with van der Waals surface area (Å²) in [5, 5.41) is 3.79. The average molecular weight is 355 g/mol. The molecule has 2 heterocycles. The van der Waals surface area contributed by atoms with Crippen LogP contribution in [0.15, 0.2) is 28.8 Å². The normalized spacial score (nSPS) is 18.2. The highest BCUT2D eigenvalue weighted by Gasteiger charge is 2.33. The topological polar surface area (TPSA) is 68.5 Å². The van der Waals surface area contributed by atoms with E-state index in [-0.39, 0.29) is 23.2 Å². The molecule has 1 unspecified atom stereocenters. The van der Waals surface area contributed by atoms with E-state index in [4.69, 9.17) is 4.52 Å². The number of aromatic nitrogens is 2. The highest BCUT2D eigenvalue weighted by Crippen LogP contribution is 2.33. The van der Waals surface area contributed by atoms with Crippen LogP contribution in [0.1, 0.15) is 31.6 Å². The van der Waals surface area contributed by atoms with Gasteiger partial charge in [-0.05, 0) is 25.0 Å². The zero-order valence-corrected chi connectivity index (χ0v) is 13.4. The monoisotopic (exact) mass is 355 g/mol.